The molecule has 1 aromatic carbocycles. The van der Waals surface area contributed by atoms with Crippen molar-refractivity contribution in [2.45, 2.75) is 71.5 Å². The van der Waals surface area contributed by atoms with Crippen LogP contribution in [0.5, 0.6) is 0 Å². The van der Waals surface area contributed by atoms with Gasteiger partial charge in [0, 0.05) is 31.2 Å². The minimum atomic E-state index is 0.219. The van der Waals surface area contributed by atoms with Crippen molar-refractivity contribution >= 4 is 0 Å². The highest BCUT2D eigenvalue weighted by Crippen LogP contribution is 2.24. The first-order chi connectivity index (χ1) is 9.71. The van der Waals surface area contributed by atoms with Crippen molar-refractivity contribution in [2.24, 2.45) is 0 Å². The van der Waals surface area contributed by atoms with E-state index in [1.807, 2.05) is 0 Å². The van der Waals surface area contributed by atoms with E-state index in [1.54, 1.807) is 0 Å². The highest BCUT2D eigenvalue weighted by molar-refractivity contribution is 5.27. The van der Waals surface area contributed by atoms with E-state index >= 15 is 0 Å². The zero-order valence-corrected chi connectivity index (χ0v) is 14.7. The molecule has 0 amide bonds. The van der Waals surface area contributed by atoms with Crippen LogP contribution in [-0.2, 0) is 12.0 Å². The van der Waals surface area contributed by atoms with Crippen LogP contribution < -0.4 is 5.32 Å². The number of piperazine rings is 1. The fraction of sp³-hybridized carbons (Fsp3) is 0.684. The largest absolute Gasteiger partial charge is 0.309 e. The Labute approximate surface area is 130 Å². The topological polar surface area (TPSA) is 15.3 Å². The Morgan fingerprint density at radius 1 is 1.19 bits per heavy atom. The maximum Gasteiger partial charge on any atom is 0.0253 e. The monoisotopic (exact) mass is 288 g/mol. The molecule has 2 nitrogen and oxygen atoms in total. The van der Waals surface area contributed by atoms with Gasteiger partial charge in [0.1, 0.15) is 0 Å². The van der Waals surface area contributed by atoms with Crippen LogP contribution in [0.15, 0.2) is 24.3 Å². The minimum Gasteiger partial charge on any atom is -0.309 e. The molecule has 2 heteroatoms. The first kappa shape index (κ1) is 16.5. The van der Waals surface area contributed by atoms with Crippen molar-refractivity contribution in [2.75, 3.05) is 13.1 Å². The molecule has 21 heavy (non-hydrogen) atoms. The van der Waals surface area contributed by atoms with Crippen LogP contribution in [-0.4, -0.2) is 29.6 Å². The van der Waals surface area contributed by atoms with Crippen LogP contribution in [0.1, 0.15) is 59.1 Å². The van der Waals surface area contributed by atoms with Gasteiger partial charge in [-0.1, -0.05) is 52.0 Å². The SMILES string of the molecule is CCC1CNC(C)(C)CN1Cc1ccc(C(C)(C)C)cc1. The molecule has 118 valence electrons. The second kappa shape index (κ2) is 6.10. The molecule has 2 rings (SSSR count). The van der Waals surface area contributed by atoms with Crippen LogP contribution in [0.4, 0.5) is 0 Å². The van der Waals surface area contributed by atoms with E-state index in [-0.39, 0.29) is 11.0 Å². The number of hydrogen-bond acceptors (Lipinski definition) is 2. The molecule has 0 saturated carbocycles. The van der Waals surface area contributed by atoms with E-state index < -0.39 is 0 Å². The average Bonchev–Trinajstić information content (AvgIpc) is 2.37. The van der Waals surface area contributed by atoms with Gasteiger partial charge >= 0.3 is 0 Å². The first-order valence-corrected chi connectivity index (χ1v) is 8.30. The molecule has 0 spiro atoms. The lowest BCUT2D eigenvalue weighted by Crippen LogP contribution is -2.60. The van der Waals surface area contributed by atoms with Gasteiger partial charge in [-0.3, -0.25) is 4.90 Å². The molecular weight excluding hydrogens is 256 g/mol. The lowest BCUT2D eigenvalue weighted by molar-refractivity contribution is 0.0858. The van der Waals surface area contributed by atoms with Gasteiger partial charge in [0.15, 0.2) is 0 Å². The van der Waals surface area contributed by atoms with E-state index in [2.05, 4.69) is 76.0 Å². The van der Waals surface area contributed by atoms with Gasteiger partial charge in [-0.2, -0.15) is 0 Å². The lowest BCUT2D eigenvalue weighted by Gasteiger charge is -2.44. The number of nitrogens with one attached hydrogen (secondary N) is 1. The van der Waals surface area contributed by atoms with E-state index in [0.29, 0.717) is 6.04 Å². The summed E-state index contributed by atoms with van der Waals surface area (Å²) in [6.07, 6.45) is 1.21. The summed E-state index contributed by atoms with van der Waals surface area (Å²) in [5.74, 6) is 0. The van der Waals surface area contributed by atoms with E-state index in [0.717, 1.165) is 19.6 Å². The Morgan fingerprint density at radius 3 is 2.33 bits per heavy atom. The maximum absolute atomic E-state index is 3.66. The number of rotatable bonds is 3. The molecule has 1 atom stereocenters. The van der Waals surface area contributed by atoms with Gasteiger partial charge in [-0.05, 0) is 36.8 Å². The van der Waals surface area contributed by atoms with Gasteiger partial charge in [0.2, 0.25) is 0 Å². The third-order valence-corrected chi connectivity index (χ3v) is 4.61. The highest BCUT2D eigenvalue weighted by Gasteiger charge is 2.31. The van der Waals surface area contributed by atoms with Crippen molar-refractivity contribution in [3.05, 3.63) is 35.4 Å². The zero-order chi connectivity index (χ0) is 15.7. The van der Waals surface area contributed by atoms with E-state index in [4.69, 9.17) is 0 Å². The highest BCUT2D eigenvalue weighted by atomic mass is 15.2. The molecule has 1 saturated heterocycles. The minimum absolute atomic E-state index is 0.219. The summed E-state index contributed by atoms with van der Waals surface area (Å²) in [5.41, 5.74) is 3.30. The number of benzene rings is 1. The van der Waals surface area contributed by atoms with Crippen molar-refractivity contribution in [3.8, 4) is 0 Å². The molecule has 0 aliphatic carbocycles. The summed E-state index contributed by atoms with van der Waals surface area (Å²) in [4.78, 5) is 2.64. The Hall–Kier alpha value is -0.860. The Bertz CT molecular complexity index is 453. The smallest absolute Gasteiger partial charge is 0.0253 e. The predicted octanol–water partition coefficient (Wildman–Crippen LogP) is 3.95. The third-order valence-electron chi connectivity index (χ3n) is 4.61. The second-order valence-corrected chi connectivity index (χ2v) is 8.18. The molecule has 1 aliphatic rings. The molecule has 1 unspecified atom stereocenters. The quantitative estimate of drug-likeness (QED) is 0.906. The molecule has 1 aliphatic heterocycles. The van der Waals surface area contributed by atoms with Crippen LogP contribution in [0.3, 0.4) is 0 Å². The summed E-state index contributed by atoms with van der Waals surface area (Å²) in [5, 5.41) is 3.66. The fourth-order valence-corrected chi connectivity index (χ4v) is 3.15. The van der Waals surface area contributed by atoms with Gasteiger partial charge in [-0.25, -0.2) is 0 Å². The van der Waals surface area contributed by atoms with Gasteiger partial charge in [-0.15, -0.1) is 0 Å². The Kier molecular flexibility index (Phi) is 4.79. The lowest BCUT2D eigenvalue weighted by atomic mass is 9.86. The van der Waals surface area contributed by atoms with Gasteiger partial charge in [0.25, 0.3) is 0 Å². The van der Waals surface area contributed by atoms with Crippen LogP contribution in [0.2, 0.25) is 0 Å². The molecule has 0 bridgehead atoms. The normalized spacial score (nSPS) is 23.2. The third kappa shape index (κ3) is 4.31. The molecule has 0 radical (unpaired) electrons. The summed E-state index contributed by atoms with van der Waals surface area (Å²) >= 11 is 0. The van der Waals surface area contributed by atoms with Crippen LogP contribution in [0, 0.1) is 0 Å². The standard InChI is InChI=1S/C19H32N2/c1-7-17-12-20-19(5,6)14-21(17)13-15-8-10-16(11-9-15)18(2,3)4/h8-11,17,20H,7,12-14H2,1-6H3. The summed E-state index contributed by atoms with van der Waals surface area (Å²) in [6, 6.07) is 9.86. The summed E-state index contributed by atoms with van der Waals surface area (Å²) in [7, 11) is 0. The summed E-state index contributed by atoms with van der Waals surface area (Å²) in [6.45, 7) is 17.0. The molecular formula is C19H32N2. The van der Waals surface area contributed by atoms with Gasteiger partial charge < -0.3 is 5.32 Å². The van der Waals surface area contributed by atoms with Crippen LogP contribution in [0.25, 0.3) is 0 Å². The van der Waals surface area contributed by atoms with Gasteiger partial charge in [0.05, 0.1) is 0 Å². The average molecular weight is 288 g/mol. The molecule has 1 aromatic rings. The maximum atomic E-state index is 3.66. The fourth-order valence-electron chi connectivity index (χ4n) is 3.15. The van der Waals surface area contributed by atoms with Crippen molar-refractivity contribution in [3.63, 3.8) is 0 Å². The summed E-state index contributed by atoms with van der Waals surface area (Å²) < 4.78 is 0. The van der Waals surface area contributed by atoms with E-state index in [1.165, 1.54) is 17.5 Å². The molecule has 1 heterocycles. The predicted molar refractivity (Wildman–Crippen MR) is 91.7 cm³/mol. The first-order valence-electron chi connectivity index (χ1n) is 8.30. The molecule has 0 aromatic heterocycles. The second-order valence-electron chi connectivity index (χ2n) is 8.18. The zero-order valence-electron chi connectivity index (χ0n) is 14.7. The van der Waals surface area contributed by atoms with Crippen molar-refractivity contribution in [1.29, 1.82) is 0 Å². The van der Waals surface area contributed by atoms with Crippen molar-refractivity contribution < 1.29 is 0 Å². The number of nitrogens with zero attached hydrogens (tertiary/aromatic N) is 1. The van der Waals surface area contributed by atoms with Crippen LogP contribution >= 0.6 is 0 Å². The molecule has 1 N–H and O–H groups in total. The molecule has 1 fully saturated rings. The Morgan fingerprint density at radius 2 is 1.81 bits per heavy atom. The Balaban J connectivity index is 2.08. The number of hydrogen-bond donors (Lipinski definition) is 1. The van der Waals surface area contributed by atoms with Crippen molar-refractivity contribution in [1.82, 2.24) is 10.2 Å². The van der Waals surface area contributed by atoms with E-state index in [9.17, 15) is 0 Å².